The third kappa shape index (κ3) is 5.71. The third-order valence-electron chi connectivity index (χ3n) is 3.33. The lowest BCUT2D eigenvalue weighted by atomic mass is 9.98. The fourth-order valence-electron chi connectivity index (χ4n) is 2.09. The van der Waals surface area contributed by atoms with Crippen LogP contribution in [0.15, 0.2) is 0 Å². The molecule has 0 radical (unpaired) electrons. The number of nitrogens with one attached hydrogen (secondary N) is 2. The van der Waals surface area contributed by atoms with Crippen molar-refractivity contribution in [1.82, 2.24) is 10.6 Å². The molecule has 4 heteroatoms. The molecule has 0 aromatic carbocycles. The van der Waals surface area contributed by atoms with E-state index < -0.39 is 0 Å². The third-order valence-corrected chi connectivity index (χ3v) is 3.33. The summed E-state index contributed by atoms with van der Waals surface area (Å²) in [5.74, 6) is 0.808. The van der Waals surface area contributed by atoms with Crippen LogP contribution in [0.5, 0.6) is 0 Å². The number of carbonyl (C=O) groups excluding carboxylic acids is 1. The molecule has 0 aromatic heterocycles. The summed E-state index contributed by atoms with van der Waals surface area (Å²) < 4.78 is 0. The molecule has 0 saturated carbocycles. The predicted molar refractivity (Wildman–Crippen MR) is 70.0 cm³/mol. The maximum Gasteiger partial charge on any atom is 0.220 e. The molecule has 0 unspecified atom stereocenters. The Morgan fingerprint density at radius 1 is 1.31 bits per heavy atom. The highest BCUT2D eigenvalue weighted by atomic mass is 35.5. The van der Waals surface area contributed by atoms with Gasteiger partial charge in [-0.15, -0.1) is 12.4 Å². The Kier molecular flexibility index (Phi) is 8.67. The summed E-state index contributed by atoms with van der Waals surface area (Å²) in [6.45, 7) is 6.39. The molecule has 1 saturated heterocycles. The van der Waals surface area contributed by atoms with Crippen molar-refractivity contribution in [3.05, 3.63) is 0 Å². The molecule has 96 valence electrons. The van der Waals surface area contributed by atoms with Gasteiger partial charge >= 0.3 is 0 Å². The lowest BCUT2D eigenvalue weighted by Crippen LogP contribution is -2.43. The minimum Gasteiger partial charge on any atom is -0.353 e. The van der Waals surface area contributed by atoms with Crippen molar-refractivity contribution >= 4 is 18.3 Å². The van der Waals surface area contributed by atoms with Gasteiger partial charge in [0.2, 0.25) is 5.91 Å². The van der Waals surface area contributed by atoms with E-state index in [9.17, 15) is 4.79 Å². The zero-order valence-electron chi connectivity index (χ0n) is 10.4. The van der Waals surface area contributed by atoms with E-state index in [1.807, 2.05) is 0 Å². The van der Waals surface area contributed by atoms with Crippen LogP contribution in [-0.4, -0.2) is 25.0 Å². The second-order valence-electron chi connectivity index (χ2n) is 4.48. The normalized spacial score (nSPS) is 16.9. The predicted octanol–water partition coefficient (Wildman–Crippen LogP) is 2.10. The Morgan fingerprint density at radius 3 is 2.38 bits per heavy atom. The van der Waals surface area contributed by atoms with Gasteiger partial charge in [-0.25, -0.2) is 0 Å². The molecule has 1 amide bonds. The number of amides is 1. The van der Waals surface area contributed by atoms with Crippen LogP contribution in [0.1, 0.15) is 46.0 Å². The Balaban J connectivity index is 0.00000225. The van der Waals surface area contributed by atoms with Gasteiger partial charge in [0.15, 0.2) is 0 Å². The molecule has 0 spiro atoms. The highest BCUT2D eigenvalue weighted by Crippen LogP contribution is 2.12. The zero-order valence-corrected chi connectivity index (χ0v) is 11.2. The number of carbonyl (C=O) groups is 1. The lowest BCUT2D eigenvalue weighted by Gasteiger charge is -2.24. The molecule has 0 aliphatic carbocycles. The van der Waals surface area contributed by atoms with Crippen molar-refractivity contribution in [3.63, 3.8) is 0 Å². The summed E-state index contributed by atoms with van der Waals surface area (Å²) in [5.41, 5.74) is 0. The van der Waals surface area contributed by atoms with Crippen molar-refractivity contribution in [3.8, 4) is 0 Å². The number of hydrogen-bond donors (Lipinski definition) is 2. The largest absolute Gasteiger partial charge is 0.353 e. The summed E-state index contributed by atoms with van der Waals surface area (Å²) in [5, 5.41) is 6.44. The van der Waals surface area contributed by atoms with Gasteiger partial charge in [0.25, 0.3) is 0 Å². The standard InChI is InChI=1S/C12H24N2O.ClH/c1-3-10(4-2)9-12(15)14-11-5-7-13-8-6-11;/h10-11,13H,3-9H2,1-2H3,(H,14,15);1H. The number of rotatable bonds is 5. The molecule has 1 aliphatic rings. The van der Waals surface area contributed by atoms with Crippen LogP contribution in [0, 0.1) is 5.92 Å². The maximum absolute atomic E-state index is 11.7. The smallest absolute Gasteiger partial charge is 0.220 e. The molecule has 1 aliphatic heterocycles. The summed E-state index contributed by atoms with van der Waals surface area (Å²) in [6.07, 6.45) is 5.08. The molecule has 1 rings (SSSR count). The first-order chi connectivity index (χ1) is 7.26. The molecule has 1 heterocycles. The van der Waals surface area contributed by atoms with Gasteiger partial charge in [0.05, 0.1) is 0 Å². The Labute approximate surface area is 105 Å². The van der Waals surface area contributed by atoms with E-state index >= 15 is 0 Å². The highest BCUT2D eigenvalue weighted by molar-refractivity contribution is 5.85. The summed E-state index contributed by atoms with van der Waals surface area (Å²) >= 11 is 0. The van der Waals surface area contributed by atoms with Crippen LogP contribution >= 0.6 is 12.4 Å². The summed E-state index contributed by atoms with van der Waals surface area (Å²) in [7, 11) is 0. The lowest BCUT2D eigenvalue weighted by molar-refractivity contribution is -0.122. The van der Waals surface area contributed by atoms with Gasteiger partial charge in [-0.3, -0.25) is 4.79 Å². The quantitative estimate of drug-likeness (QED) is 0.783. The van der Waals surface area contributed by atoms with E-state index in [-0.39, 0.29) is 18.3 Å². The Bertz CT molecular complexity index is 189. The van der Waals surface area contributed by atoms with Crippen LogP contribution < -0.4 is 10.6 Å². The zero-order chi connectivity index (χ0) is 11.1. The average molecular weight is 249 g/mol. The van der Waals surface area contributed by atoms with Crippen molar-refractivity contribution in [2.24, 2.45) is 5.92 Å². The van der Waals surface area contributed by atoms with Crippen LogP contribution in [0.4, 0.5) is 0 Å². The Hall–Kier alpha value is -0.280. The van der Waals surface area contributed by atoms with Crippen LogP contribution in [-0.2, 0) is 4.79 Å². The molecule has 1 fully saturated rings. The van der Waals surface area contributed by atoms with Gasteiger partial charge in [0.1, 0.15) is 0 Å². The van der Waals surface area contributed by atoms with Crippen LogP contribution in [0.25, 0.3) is 0 Å². The molecule has 16 heavy (non-hydrogen) atoms. The molecule has 0 atom stereocenters. The molecule has 3 nitrogen and oxygen atoms in total. The van der Waals surface area contributed by atoms with Crippen molar-refractivity contribution < 1.29 is 4.79 Å². The molecular weight excluding hydrogens is 224 g/mol. The van der Waals surface area contributed by atoms with E-state index in [0.717, 1.165) is 38.8 Å². The molecule has 0 aromatic rings. The highest BCUT2D eigenvalue weighted by Gasteiger charge is 2.16. The Morgan fingerprint density at radius 2 is 1.88 bits per heavy atom. The van der Waals surface area contributed by atoms with Crippen LogP contribution in [0.3, 0.4) is 0 Å². The monoisotopic (exact) mass is 248 g/mol. The first kappa shape index (κ1) is 15.7. The van der Waals surface area contributed by atoms with Gasteiger partial charge in [-0.1, -0.05) is 26.7 Å². The van der Waals surface area contributed by atoms with E-state index in [1.165, 1.54) is 0 Å². The number of piperidine rings is 1. The molecule has 2 N–H and O–H groups in total. The number of halogens is 1. The van der Waals surface area contributed by atoms with Gasteiger partial charge in [-0.2, -0.15) is 0 Å². The first-order valence-electron chi connectivity index (χ1n) is 6.26. The first-order valence-corrected chi connectivity index (χ1v) is 6.26. The fraction of sp³-hybridized carbons (Fsp3) is 0.917. The minimum atomic E-state index is 0. The van der Waals surface area contributed by atoms with E-state index in [0.29, 0.717) is 18.4 Å². The van der Waals surface area contributed by atoms with Crippen molar-refractivity contribution in [2.45, 2.75) is 52.0 Å². The summed E-state index contributed by atoms with van der Waals surface area (Å²) in [4.78, 5) is 11.7. The number of hydrogen-bond acceptors (Lipinski definition) is 2. The minimum absolute atomic E-state index is 0. The van der Waals surface area contributed by atoms with Gasteiger partial charge < -0.3 is 10.6 Å². The fourth-order valence-corrected chi connectivity index (χ4v) is 2.09. The molecule has 0 bridgehead atoms. The van der Waals surface area contributed by atoms with Crippen molar-refractivity contribution in [2.75, 3.05) is 13.1 Å². The van der Waals surface area contributed by atoms with Gasteiger partial charge in [-0.05, 0) is 31.8 Å². The van der Waals surface area contributed by atoms with Crippen LogP contribution in [0.2, 0.25) is 0 Å². The van der Waals surface area contributed by atoms with Crippen molar-refractivity contribution in [1.29, 1.82) is 0 Å². The van der Waals surface area contributed by atoms with Gasteiger partial charge in [0, 0.05) is 12.5 Å². The second kappa shape index (κ2) is 8.82. The molecular formula is C12H25ClN2O. The average Bonchev–Trinajstić information content (AvgIpc) is 2.27. The summed E-state index contributed by atoms with van der Waals surface area (Å²) in [6, 6.07) is 0.410. The second-order valence-corrected chi connectivity index (χ2v) is 4.48. The van der Waals surface area contributed by atoms with E-state index in [4.69, 9.17) is 0 Å². The maximum atomic E-state index is 11.7. The topological polar surface area (TPSA) is 41.1 Å². The van der Waals surface area contributed by atoms with E-state index in [2.05, 4.69) is 24.5 Å². The van der Waals surface area contributed by atoms with E-state index in [1.54, 1.807) is 0 Å². The SMILES string of the molecule is CCC(CC)CC(=O)NC1CCNCC1.Cl.